The summed E-state index contributed by atoms with van der Waals surface area (Å²) in [6.07, 6.45) is 3.02. The van der Waals surface area contributed by atoms with Gasteiger partial charge in [0.15, 0.2) is 5.82 Å². The molecule has 0 fully saturated rings. The summed E-state index contributed by atoms with van der Waals surface area (Å²) in [5, 5.41) is 15.9. The van der Waals surface area contributed by atoms with Gasteiger partial charge < -0.3 is 19.6 Å². The van der Waals surface area contributed by atoms with Crippen LogP contribution in [0.2, 0.25) is 5.02 Å². The molecule has 0 amide bonds. The molecule has 0 bridgehead atoms. The molecular weight excluding hydrogens is 308 g/mol. The highest BCUT2D eigenvalue weighted by atomic mass is 35.5. The molecule has 3 aromatic heterocycles. The third kappa shape index (κ3) is 2.48. The molecule has 22 heavy (non-hydrogen) atoms. The lowest BCUT2D eigenvalue weighted by Gasteiger charge is -2.17. The quantitative estimate of drug-likeness (QED) is 0.544. The van der Waals surface area contributed by atoms with Gasteiger partial charge in [0.25, 0.3) is 0 Å². The number of rotatable bonds is 4. The van der Waals surface area contributed by atoms with Gasteiger partial charge in [-0.1, -0.05) is 21.2 Å². The second-order valence-electron chi connectivity index (χ2n) is 4.95. The first-order valence-corrected chi connectivity index (χ1v) is 6.84. The van der Waals surface area contributed by atoms with Crippen molar-refractivity contribution in [2.45, 2.75) is 6.54 Å². The molecule has 8 nitrogen and oxygen atoms in total. The van der Waals surface area contributed by atoms with Crippen LogP contribution in [0.4, 0.5) is 11.6 Å². The van der Waals surface area contributed by atoms with E-state index in [1.54, 1.807) is 12.1 Å². The van der Waals surface area contributed by atoms with Crippen LogP contribution in [0.5, 0.6) is 0 Å². The number of halogens is 1. The fraction of sp³-hybridized carbons (Fsp3) is 0.231. The van der Waals surface area contributed by atoms with E-state index in [9.17, 15) is 10.1 Å². The summed E-state index contributed by atoms with van der Waals surface area (Å²) in [6, 6.07) is 5.34. The summed E-state index contributed by atoms with van der Waals surface area (Å²) >= 11 is 5.97. The van der Waals surface area contributed by atoms with Crippen LogP contribution in [0.3, 0.4) is 0 Å². The van der Waals surface area contributed by atoms with Gasteiger partial charge in [0, 0.05) is 32.1 Å². The topological polar surface area (TPSA) is 81.5 Å². The number of hydrogen-bond acceptors (Lipinski definition) is 5. The Hall–Kier alpha value is -2.61. The van der Waals surface area contributed by atoms with Crippen molar-refractivity contribution < 1.29 is 4.92 Å². The van der Waals surface area contributed by atoms with Crippen molar-refractivity contribution in [2.75, 3.05) is 11.9 Å². The number of nitro groups is 1. The largest absolute Gasteiger partial charge is 0.368 e. The van der Waals surface area contributed by atoms with E-state index < -0.39 is 4.92 Å². The molecule has 0 aliphatic rings. The fourth-order valence-corrected chi connectivity index (χ4v) is 2.50. The molecule has 0 atom stereocenters. The molecule has 9 heteroatoms. The second kappa shape index (κ2) is 5.30. The fourth-order valence-electron chi connectivity index (χ4n) is 2.23. The van der Waals surface area contributed by atoms with Crippen molar-refractivity contribution in [2.24, 2.45) is 7.05 Å². The van der Waals surface area contributed by atoms with E-state index >= 15 is 0 Å². The van der Waals surface area contributed by atoms with Gasteiger partial charge >= 0.3 is 5.82 Å². The van der Waals surface area contributed by atoms with Crippen LogP contribution in [0.15, 0.2) is 30.6 Å². The Bertz CT molecular complexity index is 855. The smallest absolute Gasteiger partial charge is 0.358 e. The van der Waals surface area contributed by atoms with E-state index in [-0.39, 0.29) is 5.82 Å². The maximum atomic E-state index is 11.0. The Morgan fingerprint density at radius 1 is 1.45 bits per heavy atom. The molecule has 3 aromatic rings. The molecule has 0 saturated heterocycles. The van der Waals surface area contributed by atoms with Crippen LogP contribution in [-0.2, 0) is 13.6 Å². The van der Waals surface area contributed by atoms with Crippen molar-refractivity contribution in [3.05, 3.63) is 51.4 Å². The summed E-state index contributed by atoms with van der Waals surface area (Å²) in [7, 11) is 3.77. The molecule has 0 spiro atoms. The van der Waals surface area contributed by atoms with E-state index in [1.165, 1.54) is 10.7 Å². The monoisotopic (exact) mass is 320 g/mol. The Kier molecular flexibility index (Phi) is 3.45. The van der Waals surface area contributed by atoms with Crippen LogP contribution in [0.25, 0.3) is 5.65 Å². The molecule has 114 valence electrons. The number of nitrogens with zero attached hydrogens (tertiary/aromatic N) is 6. The third-order valence-electron chi connectivity index (χ3n) is 3.38. The standard InChI is InChI=1S/C13H13ClN6O2/c1-17-7-9(14)5-10(17)8-18(2)12-4-3-11-15-6-13(20(21)22)19(11)16-12/h3-7H,8H2,1-2H3. The van der Waals surface area contributed by atoms with E-state index in [1.807, 2.05) is 35.8 Å². The second-order valence-corrected chi connectivity index (χ2v) is 5.39. The first kappa shape index (κ1) is 14.3. The molecule has 0 aliphatic heterocycles. The Morgan fingerprint density at radius 2 is 2.23 bits per heavy atom. The minimum absolute atomic E-state index is 0.160. The first-order chi connectivity index (χ1) is 10.5. The lowest BCUT2D eigenvalue weighted by Crippen LogP contribution is -2.20. The van der Waals surface area contributed by atoms with Gasteiger partial charge in [0.05, 0.1) is 11.6 Å². The van der Waals surface area contributed by atoms with Crippen molar-refractivity contribution in [1.82, 2.24) is 19.2 Å². The van der Waals surface area contributed by atoms with Crippen LogP contribution < -0.4 is 4.90 Å². The molecular formula is C13H13ClN6O2. The van der Waals surface area contributed by atoms with E-state index in [4.69, 9.17) is 11.6 Å². The number of anilines is 1. The molecule has 3 rings (SSSR count). The summed E-state index contributed by atoms with van der Waals surface area (Å²) in [5.41, 5.74) is 1.44. The maximum absolute atomic E-state index is 11.0. The van der Waals surface area contributed by atoms with Gasteiger partial charge in [0.1, 0.15) is 6.20 Å². The highest BCUT2D eigenvalue weighted by Crippen LogP contribution is 2.19. The van der Waals surface area contributed by atoms with Crippen molar-refractivity contribution in [1.29, 1.82) is 0 Å². The maximum Gasteiger partial charge on any atom is 0.368 e. The van der Waals surface area contributed by atoms with Crippen LogP contribution in [0, 0.1) is 10.1 Å². The summed E-state index contributed by atoms with van der Waals surface area (Å²) < 4.78 is 3.15. The predicted molar refractivity (Wildman–Crippen MR) is 82.2 cm³/mol. The average Bonchev–Trinajstić information content (AvgIpc) is 3.01. The lowest BCUT2D eigenvalue weighted by molar-refractivity contribution is -0.391. The zero-order valence-electron chi connectivity index (χ0n) is 12.0. The number of imidazole rings is 1. The van der Waals surface area contributed by atoms with Gasteiger partial charge in [-0.25, -0.2) is 4.98 Å². The number of hydrogen-bond donors (Lipinski definition) is 0. The van der Waals surface area contributed by atoms with Gasteiger partial charge in [-0.15, -0.1) is 0 Å². The number of aryl methyl sites for hydroxylation is 1. The van der Waals surface area contributed by atoms with Gasteiger partial charge in [-0.3, -0.25) is 0 Å². The SMILES string of the molecule is CN(Cc1cc(Cl)cn1C)c1ccc2ncc([N+](=O)[O-])n2n1. The van der Waals surface area contributed by atoms with Crippen molar-refractivity contribution in [3.63, 3.8) is 0 Å². The highest BCUT2D eigenvalue weighted by molar-refractivity contribution is 6.30. The van der Waals surface area contributed by atoms with Crippen molar-refractivity contribution in [3.8, 4) is 0 Å². The normalized spacial score (nSPS) is 11.0. The van der Waals surface area contributed by atoms with Crippen LogP contribution in [0.1, 0.15) is 5.69 Å². The van der Waals surface area contributed by atoms with Crippen molar-refractivity contribution >= 4 is 28.9 Å². The summed E-state index contributed by atoms with van der Waals surface area (Å²) in [4.78, 5) is 16.3. The third-order valence-corrected chi connectivity index (χ3v) is 3.59. The molecule has 0 radical (unpaired) electrons. The van der Waals surface area contributed by atoms with E-state index in [0.29, 0.717) is 23.0 Å². The zero-order chi connectivity index (χ0) is 15.9. The lowest BCUT2D eigenvalue weighted by atomic mass is 10.4. The number of aromatic nitrogens is 4. The molecule has 0 saturated carbocycles. The first-order valence-electron chi connectivity index (χ1n) is 6.47. The Morgan fingerprint density at radius 3 is 2.86 bits per heavy atom. The Labute approximate surface area is 130 Å². The Balaban J connectivity index is 1.93. The summed E-state index contributed by atoms with van der Waals surface area (Å²) in [5.74, 6) is 0.443. The number of fused-ring (bicyclic) bond motifs is 1. The minimum atomic E-state index is -0.506. The van der Waals surface area contributed by atoms with Crippen LogP contribution >= 0.6 is 11.6 Å². The van der Waals surface area contributed by atoms with Crippen LogP contribution in [-0.4, -0.2) is 31.1 Å². The molecule has 0 unspecified atom stereocenters. The highest BCUT2D eigenvalue weighted by Gasteiger charge is 2.17. The van der Waals surface area contributed by atoms with Gasteiger partial charge in [-0.2, -0.15) is 0 Å². The van der Waals surface area contributed by atoms with Gasteiger partial charge in [-0.05, 0) is 17.1 Å². The van der Waals surface area contributed by atoms with E-state index in [2.05, 4.69) is 10.1 Å². The zero-order valence-corrected chi connectivity index (χ0v) is 12.7. The van der Waals surface area contributed by atoms with E-state index in [0.717, 1.165) is 5.69 Å². The molecule has 0 aromatic carbocycles. The molecule has 0 N–H and O–H groups in total. The average molecular weight is 321 g/mol. The molecule has 0 aliphatic carbocycles. The van der Waals surface area contributed by atoms with Gasteiger partial charge in [0.2, 0.25) is 5.65 Å². The predicted octanol–water partition coefficient (Wildman–Crippen LogP) is 2.27. The summed E-state index contributed by atoms with van der Waals surface area (Å²) in [6.45, 7) is 0.574. The minimum Gasteiger partial charge on any atom is -0.358 e. The molecule has 3 heterocycles.